The van der Waals surface area contributed by atoms with Gasteiger partial charge in [0.2, 0.25) is 0 Å². The van der Waals surface area contributed by atoms with Crippen molar-refractivity contribution < 1.29 is 9.59 Å². The van der Waals surface area contributed by atoms with Crippen LogP contribution in [0.4, 0.5) is 0 Å². The molecule has 0 radical (unpaired) electrons. The maximum atomic E-state index is 11.6. The number of rotatable bonds is 5. The van der Waals surface area contributed by atoms with Gasteiger partial charge in [0.15, 0.2) is 5.78 Å². The van der Waals surface area contributed by atoms with Crippen molar-refractivity contribution in [1.82, 2.24) is 0 Å². The Morgan fingerprint density at radius 3 is 1.19 bits per heavy atom. The second-order valence-corrected chi connectivity index (χ2v) is 5.42. The van der Waals surface area contributed by atoms with Gasteiger partial charge in [0.25, 0.3) is 0 Å². The average molecular weight is 340 g/mol. The number of aldehydes is 1. The second-order valence-electron chi connectivity index (χ2n) is 5.42. The van der Waals surface area contributed by atoms with Gasteiger partial charge in [-0.1, -0.05) is 103 Å². The topological polar surface area (TPSA) is 34.1 Å². The molecule has 0 atom stereocenters. The van der Waals surface area contributed by atoms with Crippen LogP contribution in [0.1, 0.15) is 21.5 Å². The number of ketones is 1. The van der Waals surface area contributed by atoms with Crippen molar-refractivity contribution in [3.8, 4) is 0 Å². The van der Waals surface area contributed by atoms with Gasteiger partial charge in [0.1, 0.15) is 6.29 Å². The van der Waals surface area contributed by atoms with E-state index in [1.165, 1.54) is 0 Å². The zero-order valence-corrected chi connectivity index (χ0v) is 14.4. The van der Waals surface area contributed by atoms with Crippen LogP contribution in [-0.2, 0) is 4.79 Å². The van der Waals surface area contributed by atoms with Crippen molar-refractivity contribution in [2.45, 2.75) is 0 Å². The summed E-state index contributed by atoms with van der Waals surface area (Å²) < 4.78 is 0. The molecule has 3 rings (SSSR count). The zero-order valence-electron chi connectivity index (χ0n) is 14.4. The Labute approximate surface area is 154 Å². The molecular weight excluding hydrogens is 320 g/mol. The van der Waals surface area contributed by atoms with E-state index in [0.29, 0.717) is 0 Å². The van der Waals surface area contributed by atoms with E-state index in [1.54, 1.807) is 24.3 Å². The van der Waals surface area contributed by atoms with E-state index in [1.807, 2.05) is 91.0 Å². The van der Waals surface area contributed by atoms with Gasteiger partial charge in [-0.25, -0.2) is 0 Å². The normalized spacial score (nSPS) is 10.3. The molecule has 0 saturated carbocycles. The van der Waals surface area contributed by atoms with Crippen LogP contribution >= 0.6 is 0 Å². The third kappa shape index (κ3) is 7.37. The molecule has 0 bridgehead atoms. The Kier molecular flexibility index (Phi) is 8.04. The first kappa shape index (κ1) is 18.8. The molecular formula is C24H20O2. The predicted molar refractivity (Wildman–Crippen MR) is 108 cm³/mol. The quantitative estimate of drug-likeness (QED) is 0.455. The van der Waals surface area contributed by atoms with Crippen molar-refractivity contribution in [2.24, 2.45) is 0 Å². The molecule has 3 aromatic carbocycles. The van der Waals surface area contributed by atoms with Crippen LogP contribution in [0.15, 0.2) is 103 Å². The fourth-order valence-corrected chi connectivity index (χ4v) is 2.07. The molecule has 0 saturated heterocycles. The van der Waals surface area contributed by atoms with Crippen molar-refractivity contribution in [3.63, 3.8) is 0 Å². The highest BCUT2D eigenvalue weighted by molar-refractivity contribution is 6.04. The first-order valence-corrected chi connectivity index (χ1v) is 8.28. The Balaban J connectivity index is 0.000000254. The molecule has 0 heterocycles. The first-order chi connectivity index (χ1) is 12.8. The zero-order chi connectivity index (χ0) is 18.5. The molecule has 0 aliphatic heterocycles. The minimum Gasteiger partial charge on any atom is -0.298 e. The number of hydrogen-bond donors (Lipinski definition) is 0. The Hall–Kier alpha value is -3.52. The number of carbonyl (C=O) groups excluding carboxylic acids is 2. The van der Waals surface area contributed by atoms with Crippen LogP contribution in [0.25, 0.3) is 12.2 Å². The van der Waals surface area contributed by atoms with Crippen molar-refractivity contribution >= 4 is 24.2 Å². The first-order valence-electron chi connectivity index (χ1n) is 8.28. The molecule has 0 unspecified atom stereocenters. The van der Waals surface area contributed by atoms with E-state index >= 15 is 0 Å². The summed E-state index contributed by atoms with van der Waals surface area (Å²) in [6.07, 6.45) is 7.62. The third-order valence-electron chi connectivity index (χ3n) is 3.41. The minimum absolute atomic E-state index is 0.0114. The fraction of sp³-hybridized carbons (Fsp3) is 0. The van der Waals surface area contributed by atoms with Crippen LogP contribution < -0.4 is 0 Å². The maximum Gasteiger partial charge on any atom is 0.178 e. The molecule has 128 valence electrons. The summed E-state index contributed by atoms with van der Waals surface area (Å²) in [5.74, 6) is -0.0114. The summed E-state index contributed by atoms with van der Waals surface area (Å²) >= 11 is 0. The highest BCUT2D eigenvalue weighted by atomic mass is 16.1. The van der Waals surface area contributed by atoms with Gasteiger partial charge >= 0.3 is 0 Å². The highest BCUT2D eigenvalue weighted by Crippen LogP contribution is 2.03. The molecule has 0 fully saturated rings. The smallest absolute Gasteiger partial charge is 0.178 e. The number of benzene rings is 3. The monoisotopic (exact) mass is 340 g/mol. The molecule has 0 amide bonds. The predicted octanol–water partition coefficient (Wildman–Crippen LogP) is 5.48. The number of hydrogen-bond acceptors (Lipinski definition) is 2. The van der Waals surface area contributed by atoms with Gasteiger partial charge < -0.3 is 0 Å². The Morgan fingerprint density at radius 2 is 0.885 bits per heavy atom. The lowest BCUT2D eigenvalue weighted by molar-refractivity contribution is -0.110. The van der Waals surface area contributed by atoms with Gasteiger partial charge in [-0.2, -0.15) is 0 Å². The molecule has 2 nitrogen and oxygen atoms in total. The van der Waals surface area contributed by atoms with Crippen LogP contribution in [0.5, 0.6) is 0 Å². The van der Waals surface area contributed by atoms with Crippen molar-refractivity contribution in [3.05, 3.63) is 120 Å². The fourth-order valence-electron chi connectivity index (χ4n) is 2.07. The lowest BCUT2D eigenvalue weighted by Gasteiger charge is -1.91. The maximum absolute atomic E-state index is 11.6. The lowest BCUT2D eigenvalue weighted by atomic mass is 10.1. The average Bonchev–Trinajstić information content (AvgIpc) is 2.73. The van der Waals surface area contributed by atoms with Crippen LogP contribution in [0.3, 0.4) is 0 Å². The van der Waals surface area contributed by atoms with Gasteiger partial charge in [-0.15, -0.1) is 0 Å². The molecule has 0 spiro atoms. The molecule has 0 aliphatic carbocycles. The molecule has 2 heteroatoms. The van der Waals surface area contributed by atoms with Gasteiger partial charge in [0, 0.05) is 5.56 Å². The molecule has 0 aromatic heterocycles. The summed E-state index contributed by atoms with van der Waals surface area (Å²) in [7, 11) is 0. The summed E-state index contributed by atoms with van der Waals surface area (Å²) in [4.78, 5) is 21.6. The minimum atomic E-state index is -0.0114. The Bertz CT molecular complexity index is 797. The summed E-state index contributed by atoms with van der Waals surface area (Å²) in [5.41, 5.74) is 2.78. The van der Waals surface area contributed by atoms with Crippen molar-refractivity contribution in [2.75, 3.05) is 0 Å². The summed E-state index contributed by atoms with van der Waals surface area (Å²) in [6, 6.07) is 28.6. The van der Waals surface area contributed by atoms with E-state index in [2.05, 4.69) is 0 Å². The Morgan fingerprint density at radius 1 is 0.538 bits per heavy atom. The summed E-state index contributed by atoms with van der Waals surface area (Å²) in [6.45, 7) is 0. The summed E-state index contributed by atoms with van der Waals surface area (Å²) in [5, 5.41) is 0. The van der Waals surface area contributed by atoms with Crippen LogP contribution in [0.2, 0.25) is 0 Å². The molecule has 3 aromatic rings. The van der Waals surface area contributed by atoms with E-state index in [4.69, 9.17) is 0 Å². The van der Waals surface area contributed by atoms with E-state index in [9.17, 15) is 9.59 Å². The lowest BCUT2D eigenvalue weighted by Crippen LogP contribution is -1.84. The van der Waals surface area contributed by atoms with E-state index in [-0.39, 0.29) is 5.78 Å². The van der Waals surface area contributed by atoms with E-state index in [0.717, 1.165) is 23.0 Å². The number of allylic oxidation sites excluding steroid dienone is 2. The van der Waals surface area contributed by atoms with Crippen molar-refractivity contribution in [1.29, 1.82) is 0 Å². The van der Waals surface area contributed by atoms with Crippen LogP contribution in [0, 0.1) is 0 Å². The number of carbonyl (C=O) groups is 2. The van der Waals surface area contributed by atoms with Gasteiger partial charge in [0.05, 0.1) is 0 Å². The third-order valence-corrected chi connectivity index (χ3v) is 3.41. The van der Waals surface area contributed by atoms with Crippen LogP contribution in [-0.4, -0.2) is 12.1 Å². The molecule has 0 aliphatic rings. The standard InChI is InChI=1S/C17H14O.C7H6O/c18-17(13-11-15-7-3-1-4-8-15)14-12-16-9-5-2-6-10-16;8-6-7-4-2-1-3-5-7/h1-14H;1-6H/b13-11+,14-12+;. The second kappa shape index (κ2) is 11.1. The molecule has 0 N–H and O–H groups in total. The molecule has 26 heavy (non-hydrogen) atoms. The van der Waals surface area contributed by atoms with Gasteiger partial charge in [-0.3, -0.25) is 9.59 Å². The SMILES string of the molecule is O=C(/C=C/c1ccccc1)/C=C/c1ccccc1.O=Cc1ccccc1. The largest absolute Gasteiger partial charge is 0.298 e. The van der Waals surface area contributed by atoms with E-state index < -0.39 is 0 Å². The van der Waals surface area contributed by atoms with Gasteiger partial charge in [-0.05, 0) is 23.3 Å². The highest BCUT2D eigenvalue weighted by Gasteiger charge is 1.90.